The van der Waals surface area contributed by atoms with Crippen molar-refractivity contribution in [2.24, 2.45) is 10.9 Å². The zero-order chi connectivity index (χ0) is 14.3. The van der Waals surface area contributed by atoms with Crippen LogP contribution in [0.4, 0.5) is 5.82 Å². The second-order valence-electron chi connectivity index (χ2n) is 6.21. The molecular formula is C15H23N3OS. The number of hydrogen-bond acceptors (Lipinski definition) is 3. The number of thioether (sulfide) groups is 1. The summed E-state index contributed by atoms with van der Waals surface area (Å²) in [6.07, 6.45) is 6.44. The second-order valence-corrected chi connectivity index (χ2v) is 7.54. The number of nitrogens with zero attached hydrogens (tertiary/aromatic N) is 2. The van der Waals surface area contributed by atoms with Crippen LogP contribution >= 0.6 is 11.8 Å². The van der Waals surface area contributed by atoms with E-state index in [1.165, 1.54) is 32.1 Å². The normalized spacial score (nSPS) is 23.8. The summed E-state index contributed by atoms with van der Waals surface area (Å²) in [5.41, 5.74) is 0.981. The van der Waals surface area contributed by atoms with E-state index in [-0.39, 0.29) is 11.6 Å². The van der Waals surface area contributed by atoms with Crippen molar-refractivity contribution in [2.45, 2.75) is 64.2 Å². The van der Waals surface area contributed by atoms with Gasteiger partial charge in [0.15, 0.2) is 5.82 Å². The number of rotatable bonds is 2. The van der Waals surface area contributed by atoms with E-state index in [2.05, 4.69) is 30.9 Å². The smallest absolute Gasteiger partial charge is 0.268 e. The topological polar surface area (TPSA) is 50.1 Å². The van der Waals surface area contributed by atoms with Gasteiger partial charge in [-0.3, -0.25) is 14.6 Å². The van der Waals surface area contributed by atoms with Gasteiger partial charge in [-0.2, -0.15) is 0 Å². The molecule has 4 nitrogen and oxygen atoms in total. The molecule has 20 heavy (non-hydrogen) atoms. The molecule has 0 bridgehead atoms. The molecule has 5 heteroatoms. The fraction of sp³-hybridized carbons (Fsp3) is 0.733. The number of nitrogens with one attached hydrogen (secondary N) is 1. The fourth-order valence-corrected chi connectivity index (χ4v) is 4.69. The number of aliphatic imine (C=N–C) groups is 1. The van der Waals surface area contributed by atoms with Crippen molar-refractivity contribution in [3.63, 3.8) is 0 Å². The van der Waals surface area contributed by atoms with Crippen LogP contribution in [0, 0.1) is 5.92 Å². The molecule has 1 atom stereocenters. The lowest BCUT2D eigenvalue weighted by Gasteiger charge is -2.31. The Morgan fingerprint density at radius 3 is 2.65 bits per heavy atom. The monoisotopic (exact) mass is 293 g/mol. The minimum absolute atomic E-state index is 0.0630. The third kappa shape index (κ3) is 2.36. The summed E-state index contributed by atoms with van der Waals surface area (Å²) >= 11 is 1.79. The van der Waals surface area contributed by atoms with Gasteiger partial charge in [0.25, 0.3) is 5.56 Å². The van der Waals surface area contributed by atoms with Crippen molar-refractivity contribution in [3.8, 4) is 0 Å². The van der Waals surface area contributed by atoms with E-state index in [9.17, 15) is 4.79 Å². The molecule has 0 amide bonds. The molecule has 1 N–H and O–H groups in total. The van der Waals surface area contributed by atoms with E-state index in [0.717, 1.165) is 16.4 Å². The van der Waals surface area contributed by atoms with Crippen molar-refractivity contribution >= 4 is 22.6 Å². The largest absolute Gasteiger partial charge is 0.270 e. The summed E-state index contributed by atoms with van der Waals surface area (Å²) in [4.78, 5) is 17.0. The summed E-state index contributed by atoms with van der Waals surface area (Å²) in [5, 5.41) is 4.37. The van der Waals surface area contributed by atoms with Crippen molar-refractivity contribution in [1.82, 2.24) is 9.78 Å². The lowest BCUT2D eigenvalue weighted by molar-refractivity contribution is 0.351. The molecule has 110 valence electrons. The number of fused-ring (bicyclic) bond motifs is 1. The molecule has 1 saturated carbocycles. The van der Waals surface area contributed by atoms with Crippen molar-refractivity contribution in [2.75, 3.05) is 0 Å². The maximum atomic E-state index is 12.4. The van der Waals surface area contributed by atoms with Gasteiger partial charge in [-0.05, 0) is 39.5 Å². The molecule has 0 radical (unpaired) electrons. The molecule has 1 aromatic rings. The van der Waals surface area contributed by atoms with Crippen LogP contribution in [-0.4, -0.2) is 14.8 Å². The first-order valence-corrected chi connectivity index (χ1v) is 8.52. The highest BCUT2D eigenvalue weighted by Gasteiger charge is 2.35. The van der Waals surface area contributed by atoms with Gasteiger partial charge in [0, 0.05) is 11.3 Å². The molecule has 2 aliphatic rings. The third-order valence-corrected chi connectivity index (χ3v) is 5.68. The van der Waals surface area contributed by atoms with Crippen LogP contribution in [0.25, 0.3) is 0 Å². The predicted octanol–water partition coefficient (Wildman–Crippen LogP) is 4.18. The second kappa shape index (κ2) is 5.43. The van der Waals surface area contributed by atoms with Crippen LogP contribution in [0.1, 0.15) is 69.7 Å². The number of hydrogen-bond donors (Lipinski definition) is 1. The average Bonchev–Trinajstić information content (AvgIpc) is 2.76. The first kappa shape index (κ1) is 14.0. The minimum Gasteiger partial charge on any atom is -0.268 e. The zero-order valence-corrected chi connectivity index (χ0v) is 13.3. The Bertz CT molecular complexity index is 578. The van der Waals surface area contributed by atoms with Gasteiger partial charge in [-0.1, -0.05) is 19.3 Å². The van der Waals surface area contributed by atoms with Gasteiger partial charge < -0.3 is 0 Å². The average molecular weight is 293 g/mol. The molecule has 2 heterocycles. The van der Waals surface area contributed by atoms with Gasteiger partial charge in [0.1, 0.15) is 0 Å². The summed E-state index contributed by atoms with van der Waals surface area (Å²) in [6.45, 7) is 6.22. The maximum Gasteiger partial charge on any atom is 0.270 e. The molecule has 0 saturated heterocycles. The Balaban J connectivity index is 2.05. The number of H-pyrrole nitrogens is 1. The highest BCUT2D eigenvalue weighted by molar-refractivity contribution is 8.14. The van der Waals surface area contributed by atoms with Crippen molar-refractivity contribution < 1.29 is 0 Å². The molecule has 1 fully saturated rings. The van der Waals surface area contributed by atoms with Crippen LogP contribution in [0.5, 0.6) is 0 Å². The first-order chi connectivity index (χ1) is 9.58. The standard InChI is InChI=1S/C15H23N3OS/c1-9(2)18-14-12(15(19)17-18)13(20-10(3)16-14)11-7-5-4-6-8-11/h9,11,13H,4-8H2,1-3H3,(H,17,19). The van der Waals surface area contributed by atoms with E-state index in [1.54, 1.807) is 11.8 Å². The van der Waals surface area contributed by atoms with Crippen LogP contribution in [0.2, 0.25) is 0 Å². The van der Waals surface area contributed by atoms with E-state index in [4.69, 9.17) is 0 Å². The molecule has 3 rings (SSSR count). The quantitative estimate of drug-likeness (QED) is 0.889. The van der Waals surface area contributed by atoms with Gasteiger partial charge >= 0.3 is 0 Å². The molecule has 1 unspecified atom stereocenters. The summed E-state index contributed by atoms with van der Waals surface area (Å²) in [7, 11) is 0. The Labute approximate surface area is 124 Å². The van der Waals surface area contributed by atoms with Crippen LogP contribution in [0.3, 0.4) is 0 Å². The molecule has 0 spiro atoms. The van der Waals surface area contributed by atoms with E-state index in [0.29, 0.717) is 11.2 Å². The Kier molecular flexibility index (Phi) is 3.80. The van der Waals surface area contributed by atoms with Crippen molar-refractivity contribution in [3.05, 3.63) is 15.9 Å². The molecular weight excluding hydrogens is 270 g/mol. The molecule has 1 aromatic heterocycles. The van der Waals surface area contributed by atoms with Crippen LogP contribution in [0.15, 0.2) is 9.79 Å². The summed E-state index contributed by atoms with van der Waals surface area (Å²) in [5.74, 6) is 1.50. The highest BCUT2D eigenvalue weighted by atomic mass is 32.2. The first-order valence-electron chi connectivity index (χ1n) is 7.64. The van der Waals surface area contributed by atoms with E-state index >= 15 is 0 Å². The highest BCUT2D eigenvalue weighted by Crippen LogP contribution is 2.48. The fourth-order valence-electron chi connectivity index (χ4n) is 3.39. The SMILES string of the molecule is CC1=Nc2c(c(=O)[nH]n2C(C)C)C(C2CCCCC2)S1. The molecule has 1 aliphatic heterocycles. The lowest BCUT2D eigenvalue weighted by atomic mass is 9.84. The third-order valence-electron chi connectivity index (χ3n) is 4.38. The van der Waals surface area contributed by atoms with Crippen LogP contribution in [-0.2, 0) is 0 Å². The Hall–Kier alpha value is -0.970. The van der Waals surface area contributed by atoms with Gasteiger partial charge in [0.05, 0.1) is 10.6 Å². The number of aromatic amines is 1. The van der Waals surface area contributed by atoms with Crippen LogP contribution < -0.4 is 5.56 Å². The summed E-state index contributed by atoms with van der Waals surface area (Å²) in [6, 6.07) is 0.234. The molecule has 1 aliphatic carbocycles. The van der Waals surface area contributed by atoms with Crippen molar-refractivity contribution in [1.29, 1.82) is 0 Å². The van der Waals surface area contributed by atoms with Gasteiger partial charge in [-0.25, -0.2) is 4.99 Å². The number of aromatic nitrogens is 2. The van der Waals surface area contributed by atoms with E-state index < -0.39 is 0 Å². The Morgan fingerprint density at radius 2 is 2.00 bits per heavy atom. The maximum absolute atomic E-state index is 12.4. The molecule has 0 aromatic carbocycles. The van der Waals surface area contributed by atoms with Gasteiger partial charge in [0.2, 0.25) is 0 Å². The predicted molar refractivity (Wildman–Crippen MR) is 85.1 cm³/mol. The minimum atomic E-state index is 0.0630. The Morgan fingerprint density at radius 1 is 1.30 bits per heavy atom. The van der Waals surface area contributed by atoms with E-state index in [1.807, 2.05) is 4.68 Å². The zero-order valence-electron chi connectivity index (χ0n) is 12.5. The lowest BCUT2D eigenvalue weighted by Crippen LogP contribution is -2.21. The summed E-state index contributed by atoms with van der Waals surface area (Å²) < 4.78 is 1.93. The van der Waals surface area contributed by atoms with Gasteiger partial charge in [-0.15, -0.1) is 11.8 Å².